The monoisotopic (exact) mass is 376 g/mol. The summed E-state index contributed by atoms with van der Waals surface area (Å²) >= 11 is 11.8. The van der Waals surface area contributed by atoms with Gasteiger partial charge in [-0.1, -0.05) is 40.9 Å². The number of amides is 3. The maximum absolute atomic E-state index is 12.5. The largest absolute Gasteiger partial charge is 0.314 e. The quantitative estimate of drug-likeness (QED) is 0.769. The van der Waals surface area contributed by atoms with Crippen molar-refractivity contribution in [2.75, 3.05) is 18.5 Å². The van der Waals surface area contributed by atoms with Crippen LogP contribution in [0.3, 0.4) is 0 Å². The molecule has 0 saturated heterocycles. The minimum absolute atomic E-state index is 0.158. The molecule has 128 valence electrons. The van der Waals surface area contributed by atoms with E-state index in [2.05, 4.69) is 0 Å². The SMILES string of the molecule is Cc1ccc(N(C)C(=O)CN2C(=O)c3cc(Cl)c(Cl)cc3C2=O)cc1. The van der Waals surface area contributed by atoms with Crippen molar-refractivity contribution in [2.45, 2.75) is 6.92 Å². The molecule has 3 amide bonds. The molecule has 1 heterocycles. The zero-order valence-electron chi connectivity index (χ0n) is 13.5. The summed E-state index contributed by atoms with van der Waals surface area (Å²) in [5, 5.41) is 0.373. The number of anilines is 1. The molecule has 5 nitrogen and oxygen atoms in total. The van der Waals surface area contributed by atoms with Crippen LogP contribution in [0.2, 0.25) is 10.0 Å². The second kappa shape index (κ2) is 6.50. The molecule has 0 aliphatic carbocycles. The number of benzene rings is 2. The van der Waals surface area contributed by atoms with Gasteiger partial charge in [0.15, 0.2) is 0 Å². The number of carbonyl (C=O) groups is 3. The third-order valence-corrected chi connectivity index (χ3v) is 4.82. The van der Waals surface area contributed by atoms with E-state index in [9.17, 15) is 14.4 Å². The van der Waals surface area contributed by atoms with Gasteiger partial charge in [0.1, 0.15) is 6.54 Å². The lowest BCUT2D eigenvalue weighted by molar-refractivity contribution is -0.118. The van der Waals surface area contributed by atoms with Gasteiger partial charge in [0, 0.05) is 12.7 Å². The third kappa shape index (κ3) is 3.13. The highest BCUT2D eigenvalue weighted by molar-refractivity contribution is 6.43. The van der Waals surface area contributed by atoms with Crippen molar-refractivity contribution < 1.29 is 14.4 Å². The first-order chi connectivity index (χ1) is 11.8. The minimum atomic E-state index is -0.552. The van der Waals surface area contributed by atoms with Crippen molar-refractivity contribution in [3.63, 3.8) is 0 Å². The van der Waals surface area contributed by atoms with E-state index in [1.807, 2.05) is 19.1 Å². The summed E-state index contributed by atoms with van der Waals surface area (Å²) in [6.45, 7) is 1.59. The average molecular weight is 377 g/mol. The van der Waals surface area contributed by atoms with Crippen LogP contribution in [-0.4, -0.2) is 36.2 Å². The van der Waals surface area contributed by atoms with Gasteiger partial charge in [0.25, 0.3) is 11.8 Å². The van der Waals surface area contributed by atoms with Gasteiger partial charge in [0.05, 0.1) is 21.2 Å². The Morgan fingerprint density at radius 1 is 1.00 bits per heavy atom. The molecule has 25 heavy (non-hydrogen) atoms. The Morgan fingerprint density at radius 2 is 1.48 bits per heavy atom. The molecule has 0 fully saturated rings. The van der Waals surface area contributed by atoms with Crippen LogP contribution in [0.15, 0.2) is 36.4 Å². The second-order valence-corrected chi connectivity index (χ2v) is 6.61. The predicted octanol–water partition coefficient (Wildman–Crippen LogP) is 3.56. The van der Waals surface area contributed by atoms with E-state index in [1.165, 1.54) is 17.0 Å². The van der Waals surface area contributed by atoms with Crippen LogP contribution >= 0.6 is 23.2 Å². The predicted molar refractivity (Wildman–Crippen MR) is 96.4 cm³/mol. The van der Waals surface area contributed by atoms with Crippen molar-refractivity contribution in [3.8, 4) is 0 Å². The van der Waals surface area contributed by atoms with Gasteiger partial charge in [0.2, 0.25) is 5.91 Å². The Hall–Kier alpha value is -2.37. The Bertz CT molecular complexity index is 853. The maximum Gasteiger partial charge on any atom is 0.262 e. The molecule has 0 aromatic heterocycles. The highest BCUT2D eigenvalue weighted by Gasteiger charge is 2.38. The minimum Gasteiger partial charge on any atom is -0.314 e. The lowest BCUT2D eigenvalue weighted by Crippen LogP contribution is -2.41. The van der Waals surface area contributed by atoms with Gasteiger partial charge < -0.3 is 4.90 Å². The van der Waals surface area contributed by atoms with E-state index in [0.717, 1.165) is 10.5 Å². The fourth-order valence-corrected chi connectivity index (χ4v) is 2.91. The van der Waals surface area contributed by atoms with Gasteiger partial charge in [-0.25, -0.2) is 0 Å². The second-order valence-electron chi connectivity index (χ2n) is 5.80. The number of nitrogens with zero attached hydrogens (tertiary/aromatic N) is 2. The molecular weight excluding hydrogens is 363 g/mol. The van der Waals surface area contributed by atoms with Crippen LogP contribution in [0.5, 0.6) is 0 Å². The van der Waals surface area contributed by atoms with Crippen LogP contribution in [0.4, 0.5) is 5.69 Å². The van der Waals surface area contributed by atoms with Crippen LogP contribution in [0, 0.1) is 6.92 Å². The van der Waals surface area contributed by atoms with Crippen molar-refractivity contribution in [3.05, 3.63) is 63.1 Å². The molecule has 1 aliphatic rings. The van der Waals surface area contributed by atoms with E-state index in [0.29, 0.717) is 5.69 Å². The van der Waals surface area contributed by atoms with Crippen molar-refractivity contribution in [2.24, 2.45) is 0 Å². The summed E-state index contributed by atoms with van der Waals surface area (Å²) in [5.74, 6) is -1.48. The van der Waals surface area contributed by atoms with Gasteiger partial charge in [-0.3, -0.25) is 19.3 Å². The fraction of sp³-hybridized carbons (Fsp3) is 0.167. The smallest absolute Gasteiger partial charge is 0.262 e. The standard InChI is InChI=1S/C18H14Cl2N2O3/c1-10-3-5-11(6-4-10)21(2)16(23)9-22-17(24)12-7-14(19)15(20)8-13(12)18(22)25/h3-8H,9H2,1-2H3. The number of fused-ring (bicyclic) bond motifs is 1. The lowest BCUT2D eigenvalue weighted by atomic mass is 10.1. The molecule has 1 aliphatic heterocycles. The molecular formula is C18H14Cl2N2O3. The van der Waals surface area contributed by atoms with E-state index in [1.54, 1.807) is 19.2 Å². The van der Waals surface area contributed by atoms with Gasteiger partial charge in [-0.15, -0.1) is 0 Å². The zero-order chi connectivity index (χ0) is 18.3. The normalized spacial score (nSPS) is 13.2. The highest BCUT2D eigenvalue weighted by Crippen LogP contribution is 2.31. The Morgan fingerprint density at radius 3 is 1.96 bits per heavy atom. The molecule has 2 aromatic carbocycles. The molecule has 0 unspecified atom stereocenters. The van der Waals surface area contributed by atoms with E-state index < -0.39 is 11.8 Å². The molecule has 0 N–H and O–H groups in total. The van der Waals surface area contributed by atoms with Gasteiger partial charge in [-0.05, 0) is 31.2 Å². The first kappa shape index (κ1) is 17.5. The number of hydrogen-bond donors (Lipinski definition) is 0. The molecule has 0 radical (unpaired) electrons. The number of halogens is 2. The molecule has 0 atom stereocenters. The molecule has 0 bridgehead atoms. The molecule has 3 rings (SSSR count). The summed E-state index contributed by atoms with van der Waals surface area (Å²) in [5.41, 5.74) is 2.06. The van der Waals surface area contributed by atoms with Gasteiger partial charge >= 0.3 is 0 Å². The summed E-state index contributed by atoms with van der Waals surface area (Å²) in [4.78, 5) is 39.7. The van der Waals surface area contributed by atoms with Crippen molar-refractivity contribution in [1.82, 2.24) is 4.90 Å². The number of aryl methyl sites for hydroxylation is 1. The van der Waals surface area contributed by atoms with Crippen molar-refractivity contribution >= 4 is 46.6 Å². The molecule has 0 spiro atoms. The lowest BCUT2D eigenvalue weighted by Gasteiger charge is -2.21. The van der Waals surface area contributed by atoms with E-state index in [4.69, 9.17) is 23.2 Å². The summed E-state index contributed by atoms with van der Waals surface area (Å²) in [6.07, 6.45) is 0. The third-order valence-electron chi connectivity index (χ3n) is 4.10. The Balaban J connectivity index is 1.81. The highest BCUT2D eigenvalue weighted by atomic mass is 35.5. The Labute approximate surface area is 154 Å². The number of hydrogen-bond acceptors (Lipinski definition) is 3. The van der Waals surface area contributed by atoms with Crippen LogP contribution < -0.4 is 4.90 Å². The van der Waals surface area contributed by atoms with Crippen LogP contribution in [-0.2, 0) is 4.79 Å². The number of carbonyl (C=O) groups excluding carboxylic acids is 3. The topological polar surface area (TPSA) is 57.7 Å². The van der Waals surface area contributed by atoms with Crippen LogP contribution in [0.1, 0.15) is 26.3 Å². The molecule has 0 saturated carbocycles. The molecule has 7 heteroatoms. The zero-order valence-corrected chi connectivity index (χ0v) is 15.1. The Kier molecular flexibility index (Phi) is 4.54. The number of likely N-dealkylation sites (N-methyl/N-ethyl adjacent to an activating group) is 1. The summed E-state index contributed by atoms with van der Waals surface area (Å²) in [7, 11) is 1.60. The number of rotatable bonds is 3. The van der Waals surface area contributed by atoms with Gasteiger partial charge in [-0.2, -0.15) is 0 Å². The summed E-state index contributed by atoms with van der Waals surface area (Å²) < 4.78 is 0. The van der Waals surface area contributed by atoms with Crippen LogP contribution in [0.25, 0.3) is 0 Å². The average Bonchev–Trinajstić information content (AvgIpc) is 2.80. The first-order valence-corrected chi connectivity index (χ1v) is 8.23. The first-order valence-electron chi connectivity index (χ1n) is 7.48. The van der Waals surface area contributed by atoms with Crippen molar-refractivity contribution in [1.29, 1.82) is 0 Å². The van der Waals surface area contributed by atoms with E-state index >= 15 is 0 Å². The summed E-state index contributed by atoms with van der Waals surface area (Å²) in [6, 6.07) is 10.1. The number of imide groups is 1. The van der Waals surface area contributed by atoms with E-state index in [-0.39, 0.29) is 33.6 Å². The molecule has 2 aromatic rings. The maximum atomic E-state index is 12.5. The fourth-order valence-electron chi connectivity index (χ4n) is 2.58.